The Bertz CT molecular complexity index is 527. The smallest absolute Gasteiger partial charge is 0.315 e. The number of halogens is 1. The summed E-state index contributed by atoms with van der Waals surface area (Å²) >= 11 is 0. The zero-order valence-corrected chi connectivity index (χ0v) is 15.0. The molecule has 5 heteroatoms. The van der Waals surface area contributed by atoms with Gasteiger partial charge in [-0.25, -0.2) is 9.18 Å². The summed E-state index contributed by atoms with van der Waals surface area (Å²) in [6.45, 7) is 9.56. The average Bonchev–Trinajstić information content (AvgIpc) is 2.51. The number of urea groups is 1. The first-order chi connectivity index (χ1) is 11.4. The number of nitrogens with one attached hydrogen (secondary N) is 2. The lowest BCUT2D eigenvalue weighted by Gasteiger charge is -2.33. The molecule has 1 aromatic rings. The summed E-state index contributed by atoms with van der Waals surface area (Å²) in [6, 6.07) is 6.67. The molecule has 1 heterocycles. The normalized spacial score (nSPS) is 17.7. The number of nitrogens with zero attached hydrogens (tertiary/aromatic N) is 1. The van der Waals surface area contributed by atoms with E-state index in [4.69, 9.17) is 0 Å². The molecule has 0 unspecified atom stereocenters. The zero-order chi connectivity index (χ0) is 17.5. The minimum absolute atomic E-state index is 0.108. The number of hydrogen-bond donors (Lipinski definition) is 2. The lowest BCUT2D eigenvalue weighted by molar-refractivity contribution is 0.177. The Kier molecular flexibility index (Phi) is 7.03. The average molecular weight is 335 g/mol. The third-order valence-corrected chi connectivity index (χ3v) is 4.41. The molecule has 134 valence electrons. The minimum atomic E-state index is -0.218. The Balaban J connectivity index is 1.71. The molecule has 24 heavy (non-hydrogen) atoms. The Labute approximate surface area is 144 Å². The maximum atomic E-state index is 13.7. The van der Waals surface area contributed by atoms with Crippen LogP contribution in [0.3, 0.4) is 0 Å². The fraction of sp³-hybridized carbons (Fsp3) is 0.632. The van der Waals surface area contributed by atoms with E-state index in [1.54, 1.807) is 12.1 Å². The molecule has 1 fully saturated rings. The van der Waals surface area contributed by atoms with Gasteiger partial charge in [0.15, 0.2) is 0 Å². The van der Waals surface area contributed by atoms with Crippen LogP contribution in [0.25, 0.3) is 0 Å². The fourth-order valence-corrected chi connectivity index (χ4v) is 3.27. The van der Waals surface area contributed by atoms with Gasteiger partial charge in [0.25, 0.3) is 0 Å². The lowest BCUT2D eigenvalue weighted by atomic mass is 10.0. The van der Waals surface area contributed by atoms with Crippen molar-refractivity contribution < 1.29 is 9.18 Å². The first-order valence-electron chi connectivity index (χ1n) is 8.97. The fourth-order valence-electron chi connectivity index (χ4n) is 3.27. The van der Waals surface area contributed by atoms with Crippen molar-refractivity contribution in [3.05, 3.63) is 35.6 Å². The summed E-state index contributed by atoms with van der Waals surface area (Å²) in [6.07, 6.45) is 2.47. The van der Waals surface area contributed by atoms with Crippen molar-refractivity contribution in [2.45, 2.75) is 52.1 Å². The number of carbonyl (C=O) groups excluding carboxylic acids is 1. The van der Waals surface area contributed by atoms with E-state index in [0.717, 1.165) is 32.5 Å². The molecule has 2 amide bonds. The molecule has 1 aliphatic heterocycles. The number of piperidine rings is 1. The molecule has 1 aliphatic rings. The molecule has 1 aromatic carbocycles. The molecule has 1 atom stereocenters. The predicted octanol–water partition coefficient (Wildman–Crippen LogP) is 3.18. The van der Waals surface area contributed by atoms with Crippen LogP contribution in [-0.2, 0) is 6.42 Å². The van der Waals surface area contributed by atoms with Crippen LogP contribution in [-0.4, -0.2) is 42.6 Å². The summed E-state index contributed by atoms with van der Waals surface area (Å²) in [4.78, 5) is 14.6. The second kappa shape index (κ2) is 9.02. The molecule has 2 N–H and O–H groups in total. The van der Waals surface area contributed by atoms with E-state index in [1.165, 1.54) is 6.07 Å². The van der Waals surface area contributed by atoms with Crippen molar-refractivity contribution in [2.75, 3.05) is 19.6 Å². The predicted molar refractivity (Wildman–Crippen MR) is 95.5 cm³/mol. The van der Waals surface area contributed by atoms with Gasteiger partial charge in [-0.15, -0.1) is 0 Å². The van der Waals surface area contributed by atoms with Gasteiger partial charge in [-0.05, 0) is 43.7 Å². The van der Waals surface area contributed by atoms with Crippen molar-refractivity contribution in [3.63, 3.8) is 0 Å². The van der Waals surface area contributed by atoms with Gasteiger partial charge in [0.2, 0.25) is 0 Å². The quantitative estimate of drug-likeness (QED) is 0.839. The second-order valence-electron chi connectivity index (χ2n) is 7.28. The third-order valence-electron chi connectivity index (χ3n) is 4.41. The van der Waals surface area contributed by atoms with E-state index in [1.807, 2.05) is 13.0 Å². The third kappa shape index (κ3) is 6.11. The van der Waals surface area contributed by atoms with Crippen molar-refractivity contribution in [2.24, 2.45) is 5.92 Å². The van der Waals surface area contributed by atoms with E-state index < -0.39 is 0 Å². The summed E-state index contributed by atoms with van der Waals surface area (Å²) in [5.41, 5.74) is 0.632. The van der Waals surface area contributed by atoms with Gasteiger partial charge in [0, 0.05) is 31.7 Å². The van der Waals surface area contributed by atoms with Crippen LogP contribution in [0, 0.1) is 11.7 Å². The van der Waals surface area contributed by atoms with Crippen LogP contribution < -0.4 is 10.6 Å². The zero-order valence-electron chi connectivity index (χ0n) is 15.0. The number of amides is 2. The van der Waals surface area contributed by atoms with E-state index in [2.05, 4.69) is 29.4 Å². The number of carbonyl (C=O) groups is 1. The summed E-state index contributed by atoms with van der Waals surface area (Å²) < 4.78 is 13.7. The number of benzene rings is 1. The molecule has 0 aliphatic carbocycles. The minimum Gasteiger partial charge on any atom is -0.335 e. The van der Waals surface area contributed by atoms with E-state index >= 15 is 0 Å². The lowest BCUT2D eigenvalue weighted by Crippen LogP contribution is -2.50. The Morgan fingerprint density at radius 1 is 1.25 bits per heavy atom. The topological polar surface area (TPSA) is 44.4 Å². The largest absolute Gasteiger partial charge is 0.335 e. The maximum absolute atomic E-state index is 13.7. The molecule has 0 spiro atoms. The maximum Gasteiger partial charge on any atom is 0.315 e. The van der Waals surface area contributed by atoms with Gasteiger partial charge >= 0.3 is 6.03 Å². The Morgan fingerprint density at radius 3 is 2.54 bits per heavy atom. The van der Waals surface area contributed by atoms with E-state index in [-0.39, 0.29) is 23.9 Å². The highest BCUT2D eigenvalue weighted by Gasteiger charge is 2.21. The number of hydrogen-bond acceptors (Lipinski definition) is 2. The monoisotopic (exact) mass is 335 g/mol. The highest BCUT2D eigenvalue weighted by Crippen LogP contribution is 2.12. The molecule has 4 nitrogen and oxygen atoms in total. The molecule has 0 bridgehead atoms. The van der Waals surface area contributed by atoms with Crippen LogP contribution >= 0.6 is 0 Å². The van der Waals surface area contributed by atoms with Crippen molar-refractivity contribution >= 4 is 6.03 Å². The van der Waals surface area contributed by atoms with Gasteiger partial charge < -0.3 is 15.5 Å². The number of likely N-dealkylation sites (tertiary alicyclic amines) is 1. The molecular formula is C19H30FN3O. The van der Waals surface area contributed by atoms with Crippen molar-refractivity contribution in [1.29, 1.82) is 0 Å². The first kappa shape index (κ1) is 18.7. The number of rotatable bonds is 6. The van der Waals surface area contributed by atoms with Gasteiger partial charge in [0.05, 0.1) is 0 Å². The molecule has 0 aromatic heterocycles. The van der Waals surface area contributed by atoms with Crippen LogP contribution in [0.1, 0.15) is 39.2 Å². The molecule has 2 rings (SSSR count). The highest BCUT2D eigenvalue weighted by molar-refractivity contribution is 5.74. The van der Waals surface area contributed by atoms with E-state index in [9.17, 15) is 9.18 Å². The van der Waals surface area contributed by atoms with Gasteiger partial charge in [-0.2, -0.15) is 0 Å². The molecular weight excluding hydrogens is 305 g/mol. The van der Waals surface area contributed by atoms with Crippen molar-refractivity contribution in [1.82, 2.24) is 15.5 Å². The second-order valence-corrected chi connectivity index (χ2v) is 7.28. The standard InChI is InChI=1S/C19H30FN3O/c1-14(2)13-23-10-8-17(9-11-23)22-19(24)21-15(3)12-16-6-4-5-7-18(16)20/h4-7,14-15,17H,8-13H2,1-3H3,(H2,21,22,24)/t15-/m0/s1. The highest BCUT2D eigenvalue weighted by atomic mass is 19.1. The SMILES string of the molecule is CC(C)CN1CCC(NC(=O)N[C@@H](C)Cc2ccccc2F)CC1. The molecule has 0 radical (unpaired) electrons. The Morgan fingerprint density at radius 2 is 1.92 bits per heavy atom. The van der Waals surface area contributed by atoms with Crippen LogP contribution in [0.15, 0.2) is 24.3 Å². The first-order valence-corrected chi connectivity index (χ1v) is 8.97. The summed E-state index contributed by atoms with van der Waals surface area (Å²) in [5.74, 6) is 0.459. The summed E-state index contributed by atoms with van der Waals surface area (Å²) in [7, 11) is 0. The molecule has 0 saturated carbocycles. The van der Waals surface area contributed by atoms with Gasteiger partial charge in [-0.3, -0.25) is 0 Å². The molecule has 1 saturated heterocycles. The van der Waals surface area contributed by atoms with Crippen LogP contribution in [0.5, 0.6) is 0 Å². The van der Waals surface area contributed by atoms with Gasteiger partial charge in [-0.1, -0.05) is 32.0 Å². The van der Waals surface area contributed by atoms with E-state index in [0.29, 0.717) is 17.9 Å². The van der Waals surface area contributed by atoms with Crippen LogP contribution in [0.4, 0.5) is 9.18 Å². The van der Waals surface area contributed by atoms with Gasteiger partial charge in [0.1, 0.15) is 5.82 Å². The van der Waals surface area contributed by atoms with Crippen molar-refractivity contribution in [3.8, 4) is 0 Å². The Hall–Kier alpha value is -1.62. The summed E-state index contributed by atoms with van der Waals surface area (Å²) in [5, 5.41) is 5.97. The van der Waals surface area contributed by atoms with Crippen LogP contribution in [0.2, 0.25) is 0 Å².